The number of benzene rings is 2. The molecule has 3 atom stereocenters. The van der Waals surface area contributed by atoms with Crippen LogP contribution in [0.4, 0.5) is 37.7 Å². The zero-order valence-corrected chi connectivity index (χ0v) is 21.1. The molecule has 214 valence electrons. The van der Waals surface area contributed by atoms with Crippen molar-refractivity contribution in [2.75, 3.05) is 31.6 Å². The molecule has 0 radical (unpaired) electrons. The van der Waals surface area contributed by atoms with Gasteiger partial charge in [0.25, 0.3) is 5.91 Å². The van der Waals surface area contributed by atoms with Gasteiger partial charge in [-0.25, -0.2) is 4.79 Å². The fourth-order valence-corrected chi connectivity index (χ4v) is 5.26. The lowest BCUT2D eigenvalue weighted by molar-refractivity contribution is -0.192. The number of para-hydroxylation sites is 1. The molecule has 2 aromatic carbocycles. The van der Waals surface area contributed by atoms with Gasteiger partial charge in [-0.15, -0.1) is 0 Å². The van der Waals surface area contributed by atoms with E-state index < -0.39 is 29.8 Å². The van der Waals surface area contributed by atoms with E-state index in [2.05, 4.69) is 17.6 Å². The highest BCUT2D eigenvalue weighted by molar-refractivity contribution is 5.93. The molecule has 7 nitrogen and oxygen atoms in total. The fraction of sp³-hybridized carbons (Fsp3) is 0.462. The minimum Gasteiger partial charge on any atom is -0.484 e. The Kier molecular flexibility index (Phi) is 9.49. The van der Waals surface area contributed by atoms with E-state index in [1.165, 1.54) is 12.1 Å². The number of carboxylic acids is 1. The van der Waals surface area contributed by atoms with E-state index >= 15 is 0 Å². The van der Waals surface area contributed by atoms with Crippen LogP contribution in [0, 0.1) is 0 Å². The van der Waals surface area contributed by atoms with Crippen molar-refractivity contribution in [2.24, 2.45) is 0 Å². The van der Waals surface area contributed by atoms with Gasteiger partial charge in [-0.2, -0.15) is 26.3 Å². The lowest BCUT2D eigenvalue weighted by Gasteiger charge is -2.43. The molecule has 2 aliphatic heterocycles. The highest BCUT2D eigenvalue weighted by Gasteiger charge is 2.49. The summed E-state index contributed by atoms with van der Waals surface area (Å²) in [5, 5.41) is 12.9. The summed E-state index contributed by atoms with van der Waals surface area (Å²) in [5.74, 6) is -2.91. The largest absolute Gasteiger partial charge is 0.490 e. The summed E-state index contributed by atoms with van der Waals surface area (Å²) in [5.41, 5.74) is -0.377. The Labute approximate surface area is 221 Å². The van der Waals surface area contributed by atoms with Crippen LogP contribution in [0.25, 0.3) is 0 Å². The number of rotatable bonds is 6. The number of nitrogens with one attached hydrogen (secondary N) is 2. The highest BCUT2D eigenvalue weighted by Crippen LogP contribution is 2.44. The van der Waals surface area contributed by atoms with Crippen LogP contribution in [-0.4, -0.2) is 61.5 Å². The predicted octanol–water partition coefficient (Wildman–Crippen LogP) is 5.21. The molecule has 3 N–H and O–H groups in total. The first kappa shape index (κ1) is 30.2. The van der Waals surface area contributed by atoms with Crippen molar-refractivity contribution < 1.29 is 45.8 Å². The van der Waals surface area contributed by atoms with E-state index in [-0.39, 0.29) is 24.4 Å². The van der Waals surface area contributed by atoms with Crippen molar-refractivity contribution in [3.8, 4) is 5.75 Å². The number of carbonyl (C=O) groups excluding carboxylic acids is 1. The zero-order valence-electron chi connectivity index (χ0n) is 21.1. The summed E-state index contributed by atoms with van der Waals surface area (Å²) in [6.07, 6.45) is -6.73. The third-order valence-corrected chi connectivity index (χ3v) is 7.04. The van der Waals surface area contributed by atoms with Crippen LogP contribution in [0.1, 0.15) is 31.7 Å². The van der Waals surface area contributed by atoms with Gasteiger partial charge >= 0.3 is 18.3 Å². The van der Waals surface area contributed by atoms with Crippen LogP contribution < -0.4 is 19.9 Å². The quantitative estimate of drug-likeness (QED) is 0.333. The number of hydrogen-bond acceptors (Lipinski definition) is 4. The zero-order chi connectivity index (χ0) is 28.8. The molecule has 0 aromatic heterocycles. The number of hydrogen-bond donors (Lipinski definition) is 3. The van der Waals surface area contributed by atoms with Crippen LogP contribution in [0.15, 0.2) is 48.5 Å². The van der Waals surface area contributed by atoms with E-state index in [1.807, 2.05) is 6.07 Å². The van der Waals surface area contributed by atoms with Crippen molar-refractivity contribution in [1.82, 2.24) is 9.80 Å². The monoisotopic (exact) mass is 562 g/mol. The van der Waals surface area contributed by atoms with Gasteiger partial charge in [0, 0.05) is 44.5 Å². The molecule has 2 fully saturated rings. The molecular weight excluding hydrogens is 532 g/mol. The first-order chi connectivity index (χ1) is 18.2. The second-order valence-corrected chi connectivity index (χ2v) is 9.47. The molecule has 1 amide bonds. The number of nitrogens with zero attached hydrogens (tertiary/aromatic N) is 1. The number of carbonyl (C=O) groups is 2. The standard InChI is InChI=1S/C24H28F3N3O2.C2HF3O2/c1-17-6-5-13-30(17,19-11-12-28-15-19)18-9-10-22(21(14-18)24(25,26)27)29-23(31)16-32-20-7-3-2-4-8-20;3-2(4,5)1(6)7/h2-4,7-10,14,17,19,28H,5-6,11-13,15-16H2,1H3;(H,6,7)/p+1. The highest BCUT2D eigenvalue weighted by atomic mass is 19.4. The maximum absolute atomic E-state index is 14.0. The van der Waals surface area contributed by atoms with Gasteiger partial charge in [0.05, 0.1) is 23.8 Å². The molecule has 13 heteroatoms. The SMILES string of the molecule is CC1CCC[N+]1(c1ccc(NC(=O)COc2ccccc2)c(C(F)(F)F)c1)C1CCNC1.O=C(O)C(F)(F)F. The maximum Gasteiger partial charge on any atom is 0.490 e. The molecule has 0 aliphatic carbocycles. The van der Waals surface area contributed by atoms with Crippen molar-refractivity contribution in [3.05, 3.63) is 54.1 Å². The molecule has 3 unspecified atom stereocenters. The molecular formula is C26H30F6N3O4+. The topological polar surface area (TPSA) is 87.7 Å². The van der Waals surface area contributed by atoms with Crippen LogP contribution >= 0.6 is 0 Å². The van der Waals surface area contributed by atoms with Crippen LogP contribution in [0.3, 0.4) is 0 Å². The Hall–Kier alpha value is -3.32. The van der Waals surface area contributed by atoms with Crippen molar-refractivity contribution in [3.63, 3.8) is 0 Å². The Bertz CT molecular complexity index is 1140. The number of likely N-dealkylation sites (tertiary alicyclic amines) is 1. The van der Waals surface area contributed by atoms with E-state index in [1.54, 1.807) is 30.3 Å². The van der Waals surface area contributed by atoms with Crippen molar-refractivity contribution in [1.29, 1.82) is 0 Å². The second kappa shape index (κ2) is 12.2. The fourth-order valence-electron chi connectivity index (χ4n) is 5.26. The van der Waals surface area contributed by atoms with Crippen LogP contribution in [-0.2, 0) is 15.8 Å². The molecule has 2 aromatic rings. The van der Waals surface area contributed by atoms with Gasteiger partial charge in [0.1, 0.15) is 17.5 Å². The predicted molar refractivity (Wildman–Crippen MR) is 132 cm³/mol. The first-order valence-electron chi connectivity index (χ1n) is 12.3. The van der Waals surface area contributed by atoms with Crippen LogP contribution in [0.2, 0.25) is 0 Å². The molecule has 39 heavy (non-hydrogen) atoms. The number of ether oxygens (including phenoxy) is 1. The number of carboxylic acid groups (broad SMARTS) is 1. The third kappa shape index (κ3) is 7.41. The smallest absolute Gasteiger partial charge is 0.484 e. The Balaban J connectivity index is 0.000000532. The minimum atomic E-state index is -5.08. The van der Waals surface area contributed by atoms with Gasteiger partial charge in [0.2, 0.25) is 0 Å². The Morgan fingerprint density at radius 2 is 1.74 bits per heavy atom. The molecule has 2 heterocycles. The summed E-state index contributed by atoms with van der Waals surface area (Å²) in [4.78, 5) is 21.2. The van der Waals surface area contributed by atoms with Gasteiger partial charge in [0.15, 0.2) is 6.61 Å². The summed E-state index contributed by atoms with van der Waals surface area (Å²) in [6.45, 7) is 4.30. The first-order valence-corrected chi connectivity index (χ1v) is 12.3. The second-order valence-electron chi connectivity index (χ2n) is 9.47. The molecule has 0 bridgehead atoms. The number of alkyl halides is 6. The summed E-state index contributed by atoms with van der Waals surface area (Å²) >= 11 is 0. The number of anilines is 1. The molecule has 2 saturated heterocycles. The molecule has 2 aliphatic rings. The lowest BCUT2D eigenvalue weighted by atomic mass is 10.0. The van der Waals surface area contributed by atoms with Crippen molar-refractivity contribution >= 4 is 23.3 Å². The Morgan fingerprint density at radius 1 is 1.08 bits per heavy atom. The van der Waals surface area contributed by atoms with Gasteiger partial charge in [-0.3, -0.25) is 9.28 Å². The number of halogens is 6. The maximum atomic E-state index is 14.0. The third-order valence-electron chi connectivity index (χ3n) is 7.04. The lowest BCUT2D eigenvalue weighted by Crippen LogP contribution is -2.59. The average molecular weight is 563 g/mol. The van der Waals surface area contributed by atoms with Gasteiger partial charge in [-0.1, -0.05) is 18.2 Å². The van der Waals surface area contributed by atoms with E-state index in [0.717, 1.165) is 38.9 Å². The number of amides is 1. The molecule has 0 saturated carbocycles. The summed E-state index contributed by atoms with van der Waals surface area (Å²) < 4.78 is 79.7. The Morgan fingerprint density at radius 3 is 2.26 bits per heavy atom. The van der Waals surface area contributed by atoms with E-state index in [9.17, 15) is 31.1 Å². The summed E-state index contributed by atoms with van der Waals surface area (Å²) in [6, 6.07) is 13.6. The molecule has 0 spiro atoms. The number of quaternary nitrogens is 1. The van der Waals surface area contributed by atoms with E-state index in [0.29, 0.717) is 15.9 Å². The normalized spacial score (nSPS) is 23.1. The van der Waals surface area contributed by atoms with E-state index in [4.69, 9.17) is 14.6 Å². The summed E-state index contributed by atoms with van der Waals surface area (Å²) in [7, 11) is 0. The molecule has 4 rings (SSSR count). The minimum absolute atomic E-state index is 0.238. The van der Waals surface area contributed by atoms with Crippen LogP contribution in [0.5, 0.6) is 5.75 Å². The number of aliphatic carboxylic acids is 1. The average Bonchev–Trinajstić information content (AvgIpc) is 3.53. The van der Waals surface area contributed by atoms with Gasteiger partial charge < -0.3 is 20.5 Å². The van der Waals surface area contributed by atoms with Crippen molar-refractivity contribution in [2.45, 2.75) is 50.6 Å². The van der Waals surface area contributed by atoms with Gasteiger partial charge in [-0.05, 0) is 25.1 Å².